The Morgan fingerprint density at radius 3 is 2.76 bits per heavy atom. The standard InChI is InChI=1S/C22H25F2N5O2S2/c1-14-8-21(33(30,31)27-22-12-32-13-25-22)18(24)9-20(14)28(3)16-6-7-29(10-16)11-19-17(23)5-4-15(2)26-19/h4-5,8-9,12-13,16,27H,6-7,10-11H2,1-3H3. The van der Waals surface area contributed by atoms with Crippen LogP contribution in [0.15, 0.2) is 40.1 Å². The van der Waals surface area contributed by atoms with Gasteiger partial charge in [0.25, 0.3) is 10.0 Å². The summed E-state index contributed by atoms with van der Waals surface area (Å²) in [7, 11) is -2.23. The Kier molecular flexibility index (Phi) is 6.64. The Hall–Kier alpha value is -2.63. The summed E-state index contributed by atoms with van der Waals surface area (Å²) >= 11 is 1.24. The van der Waals surface area contributed by atoms with Crippen LogP contribution >= 0.6 is 11.3 Å². The lowest BCUT2D eigenvalue weighted by Gasteiger charge is -2.29. The first-order chi connectivity index (χ1) is 15.6. The van der Waals surface area contributed by atoms with Crippen molar-refractivity contribution in [1.82, 2.24) is 14.9 Å². The van der Waals surface area contributed by atoms with Crippen molar-refractivity contribution in [2.75, 3.05) is 29.8 Å². The molecular weight excluding hydrogens is 468 g/mol. The maximum absolute atomic E-state index is 14.9. The van der Waals surface area contributed by atoms with E-state index in [1.807, 2.05) is 18.9 Å². The second-order valence-corrected chi connectivity index (χ2v) is 10.6. The Morgan fingerprint density at radius 1 is 1.24 bits per heavy atom. The number of hydrogen-bond donors (Lipinski definition) is 1. The number of anilines is 2. The van der Waals surface area contributed by atoms with Crippen molar-refractivity contribution in [2.24, 2.45) is 0 Å². The number of thiazole rings is 1. The molecule has 3 heterocycles. The maximum atomic E-state index is 14.9. The molecular formula is C22H25F2N5O2S2. The van der Waals surface area contributed by atoms with E-state index in [1.54, 1.807) is 13.0 Å². The summed E-state index contributed by atoms with van der Waals surface area (Å²) in [6.07, 6.45) is 0.816. The van der Waals surface area contributed by atoms with E-state index in [-0.39, 0.29) is 17.7 Å². The summed E-state index contributed by atoms with van der Waals surface area (Å²) in [4.78, 5) is 11.9. The van der Waals surface area contributed by atoms with Crippen LogP contribution in [0.5, 0.6) is 0 Å². The monoisotopic (exact) mass is 493 g/mol. The third-order valence-electron chi connectivity index (χ3n) is 5.82. The van der Waals surface area contributed by atoms with Crippen LogP contribution in [0, 0.1) is 25.5 Å². The fraction of sp³-hybridized carbons (Fsp3) is 0.364. The molecule has 0 spiro atoms. The van der Waals surface area contributed by atoms with Gasteiger partial charge >= 0.3 is 0 Å². The van der Waals surface area contributed by atoms with Gasteiger partial charge in [-0.05, 0) is 50.1 Å². The molecule has 1 N–H and O–H groups in total. The van der Waals surface area contributed by atoms with Crippen molar-refractivity contribution < 1.29 is 17.2 Å². The van der Waals surface area contributed by atoms with Crippen molar-refractivity contribution >= 4 is 32.9 Å². The number of halogens is 2. The van der Waals surface area contributed by atoms with E-state index in [0.717, 1.165) is 18.7 Å². The minimum atomic E-state index is -4.10. The summed E-state index contributed by atoms with van der Waals surface area (Å²) in [5, 5.41) is 1.54. The molecule has 0 radical (unpaired) electrons. The zero-order valence-corrected chi connectivity index (χ0v) is 20.2. The van der Waals surface area contributed by atoms with Crippen LogP contribution in [0.2, 0.25) is 0 Å². The average molecular weight is 494 g/mol. The normalized spacial score (nSPS) is 16.8. The first-order valence-corrected chi connectivity index (χ1v) is 12.8. The van der Waals surface area contributed by atoms with Crippen LogP contribution in [0.1, 0.15) is 23.4 Å². The third kappa shape index (κ3) is 5.15. The van der Waals surface area contributed by atoms with Gasteiger partial charge in [0.1, 0.15) is 16.5 Å². The van der Waals surface area contributed by atoms with Crippen LogP contribution in [0.4, 0.5) is 20.3 Å². The molecule has 7 nitrogen and oxygen atoms in total. The van der Waals surface area contributed by atoms with Gasteiger partial charge in [0.05, 0.1) is 11.2 Å². The molecule has 1 saturated heterocycles. The largest absolute Gasteiger partial charge is 0.370 e. The van der Waals surface area contributed by atoms with Gasteiger partial charge in [-0.2, -0.15) is 0 Å². The van der Waals surface area contributed by atoms with Gasteiger partial charge in [-0.15, -0.1) is 11.3 Å². The fourth-order valence-electron chi connectivity index (χ4n) is 4.07. The molecule has 1 fully saturated rings. The summed E-state index contributed by atoms with van der Waals surface area (Å²) in [5.41, 5.74) is 3.94. The lowest BCUT2D eigenvalue weighted by atomic mass is 10.1. The second-order valence-electron chi connectivity index (χ2n) is 8.22. The van der Waals surface area contributed by atoms with Crippen LogP contribution in [-0.4, -0.2) is 49.5 Å². The highest BCUT2D eigenvalue weighted by molar-refractivity contribution is 7.92. The summed E-state index contributed by atoms with van der Waals surface area (Å²) in [5.74, 6) is -0.992. The van der Waals surface area contributed by atoms with E-state index < -0.39 is 20.7 Å². The smallest absolute Gasteiger partial charge is 0.266 e. The number of sulfonamides is 1. The quantitative estimate of drug-likeness (QED) is 0.537. The fourth-order valence-corrected chi connectivity index (χ4v) is 5.77. The van der Waals surface area contributed by atoms with Gasteiger partial charge in [0, 0.05) is 49.5 Å². The molecule has 176 valence electrons. The molecule has 0 saturated carbocycles. The zero-order valence-electron chi connectivity index (χ0n) is 18.5. The third-order valence-corrected chi connectivity index (χ3v) is 7.77. The number of pyridine rings is 1. The molecule has 0 amide bonds. The van der Waals surface area contributed by atoms with Gasteiger partial charge in [-0.3, -0.25) is 14.6 Å². The molecule has 1 aromatic carbocycles. The van der Waals surface area contributed by atoms with E-state index in [4.69, 9.17) is 0 Å². The van der Waals surface area contributed by atoms with Gasteiger partial charge < -0.3 is 4.90 Å². The number of nitrogens with zero attached hydrogens (tertiary/aromatic N) is 4. The van der Waals surface area contributed by atoms with Gasteiger partial charge in [-0.25, -0.2) is 22.2 Å². The molecule has 11 heteroatoms. The summed E-state index contributed by atoms with van der Waals surface area (Å²) < 4.78 is 56.6. The molecule has 2 aromatic heterocycles. The highest BCUT2D eigenvalue weighted by Gasteiger charge is 2.29. The number of hydrogen-bond acceptors (Lipinski definition) is 7. The van der Waals surface area contributed by atoms with Gasteiger partial charge in [-0.1, -0.05) is 0 Å². The molecule has 33 heavy (non-hydrogen) atoms. The first kappa shape index (κ1) is 23.5. The second kappa shape index (κ2) is 9.32. The lowest BCUT2D eigenvalue weighted by molar-refractivity contribution is 0.315. The lowest BCUT2D eigenvalue weighted by Crippen LogP contribution is -2.35. The van der Waals surface area contributed by atoms with E-state index in [0.29, 0.717) is 30.0 Å². The van der Waals surface area contributed by atoms with Crippen LogP contribution in [-0.2, 0) is 16.6 Å². The minimum absolute atomic E-state index is 0.0755. The molecule has 0 bridgehead atoms. The molecule has 3 aromatic rings. The Morgan fingerprint density at radius 2 is 2.03 bits per heavy atom. The van der Waals surface area contributed by atoms with E-state index >= 15 is 0 Å². The Bertz CT molecular complexity index is 1250. The van der Waals surface area contributed by atoms with Crippen LogP contribution in [0.3, 0.4) is 0 Å². The summed E-state index contributed by atoms with van der Waals surface area (Å²) in [6.45, 7) is 5.42. The topological polar surface area (TPSA) is 78.4 Å². The highest BCUT2D eigenvalue weighted by atomic mass is 32.2. The number of benzene rings is 1. The van der Waals surface area contributed by atoms with Gasteiger partial charge in [0.15, 0.2) is 5.82 Å². The van der Waals surface area contributed by atoms with Crippen molar-refractivity contribution in [1.29, 1.82) is 0 Å². The maximum Gasteiger partial charge on any atom is 0.266 e. The van der Waals surface area contributed by atoms with E-state index in [2.05, 4.69) is 19.6 Å². The van der Waals surface area contributed by atoms with Crippen LogP contribution < -0.4 is 9.62 Å². The number of nitrogens with one attached hydrogen (secondary N) is 1. The van der Waals surface area contributed by atoms with Gasteiger partial charge in [0.2, 0.25) is 0 Å². The molecule has 0 aliphatic carbocycles. The molecule has 1 aliphatic rings. The zero-order chi connectivity index (χ0) is 23.8. The number of rotatable bonds is 7. The summed E-state index contributed by atoms with van der Waals surface area (Å²) in [6, 6.07) is 5.76. The molecule has 1 aliphatic heterocycles. The average Bonchev–Trinajstić information content (AvgIpc) is 3.43. The Balaban J connectivity index is 1.49. The van der Waals surface area contributed by atoms with Crippen molar-refractivity contribution in [2.45, 2.75) is 37.8 Å². The highest BCUT2D eigenvalue weighted by Crippen LogP contribution is 2.30. The molecule has 4 rings (SSSR count). The SMILES string of the molecule is Cc1ccc(F)c(CN2CCC(N(C)c3cc(F)c(S(=O)(=O)Nc4cscn4)cc3C)C2)n1. The predicted octanol–water partition coefficient (Wildman–Crippen LogP) is 3.94. The molecule has 1 atom stereocenters. The number of aryl methyl sites for hydroxylation is 2. The van der Waals surface area contributed by atoms with Crippen LogP contribution in [0.25, 0.3) is 0 Å². The van der Waals surface area contributed by atoms with Crippen molar-refractivity contribution in [3.8, 4) is 0 Å². The van der Waals surface area contributed by atoms with Crippen molar-refractivity contribution in [3.05, 3.63) is 63.7 Å². The molecule has 1 unspecified atom stereocenters. The predicted molar refractivity (Wildman–Crippen MR) is 125 cm³/mol. The number of aromatic nitrogens is 2. The van der Waals surface area contributed by atoms with E-state index in [9.17, 15) is 17.2 Å². The first-order valence-electron chi connectivity index (χ1n) is 10.4. The van der Waals surface area contributed by atoms with Crippen molar-refractivity contribution in [3.63, 3.8) is 0 Å². The minimum Gasteiger partial charge on any atom is -0.370 e. The van der Waals surface area contributed by atoms with E-state index in [1.165, 1.54) is 40.4 Å². The number of likely N-dealkylation sites (tertiary alicyclic amines) is 1. The Labute approximate surface area is 196 Å². The number of likely N-dealkylation sites (N-methyl/N-ethyl adjacent to an activating group) is 1.